The van der Waals surface area contributed by atoms with Gasteiger partial charge in [-0.1, -0.05) is 0 Å². The Morgan fingerprint density at radius 2 is 2.29 bits per heavy atom. The van der Waals surface area contributed by atoms with Gasteiger partial charge in [0.15, 0.2) is 0 Å². The number of nitrogens with zero attached hydrogens (tertiary/aromatic N) is 4. The number of amides is 1. The van der Waals surface area contributed by atoms with Crippen LogP contribution in [0.25, 0.3) is 5.78 Å². The second-order valence-electron chi connectivity index (χ2n) is 5.25. The van der Waals surface area contributed by atoms with Crippen molar-refractivity contribution in [3.05, 3.63) is 23.8 Å². The molecule has 0 aliphatic carbocycles. The maximum Gasteiger partial charge on any atom is 0.291 e. The number of aliphatic hydroxyl groups is 1. The molecule has 0 saturated carbocycles. The molecule has 8 nitrogen and oxygen atoms in total. The van der Waals surface area contributed by atoms with Gasteiger partial charge in [0.2, 0.25) is 5.82 Å². The van der Waals surface area contributed by atoms with Crippen LogP contribution in [-0.2, 0) is 4.74 Å². The van der Waals surface area contributed by atoms with Crippen molar-refractivity contribution < 1.29 is 14.6 Å². The summed E-state index contributed by atoms with van der Waals surface area (Å²) in [7, 11) is 0. The molecule has 0 radical (unpaired) electrons. The lowest BCUT2D eigenvalue weighted by atomic mass is 9.94. The Kier molecular flexibility index (Phi) is 3.56. The molecule has 8 heteroatoms. The molecule has 0 spiro atoms. The fraction of sp³-hybridized carbons (Fsp3) is 0.538. The summed E-state index contributed by atoms with van der Waals surface area (Å²) in [5.41, 5.74) is -0.0732. The van der Waals surface area contributed by atoms with E-state index in [0.717, 1.165) is 5.69 Å². The predicted molar refractivity (Wildman–Crippen MR) is 72.9 cm³/mol. The summed E-state index contributed by atoms with van der Waals surface area (Å²) < 4.78 is 6.71. The minimum absolute atomic E-state index is 0.0486. The molecule has 3 rings (SSSR count). The van der Waals surface area contributed by atoms with Gasteiger partial charge in [0.1, 0.15) is 0 Å². The fourth-order valence-corrected chi connectivity index (χ4v) is 2.25. The Morgan fingerprint density at radius 1 is 1.52 bits per heavy atom. The first-order valence-electron chi connectivity index (χ1n) is 6.84. The molecular weight excluding hydrogens is 274 g/mol. The van der Waals surface area contributed by atoms with Gasteiger partial charge in [0.05, 0.1) is 5.60 Å². The van der Waals surface area contributed by atoms with Crippen molar-refractivity contribution in [3.8, 4) is 0 Å². The van der Waals surface area contributed by atoms with Crippen LogP contribution in [0.15, 0.2) is 12.3 Å². The summed E-state index contributed by atoms with van der Waals surface area (Å²) in [6, 6.07) is 1.79. The smallest absolute Gasteiger partial charge is 0.291 e. The summed E-state index contributed by atoms with van der Waals surface area (Å²) in [5.74, 6) is 0.0113. The molecule has 1 fully saturated rings. The highest BCUT2D eigenvalue weighted by atomic mass is 16.5. The maximum absolute atomic E-state index is 12.1. The third kappa shape index (κ3) is 2.86. The minimum atomic E-state index is -0.915. The predicted octanol–water partition coefficient (Wildman–Crippen LogP) is -0.296. The van der Waals surface area contributed by atoms with Crippen LogP contribution in [0.2, 0.25) is 0 Å². The maximum atomic E-state index is 12.1. The molecule has 21 heavy (non-hydrogen) atoms. The van der Waals surface area contributed by atoms with Crippen molar-refractivity contribution in [1.29, 1.82) is 0 Å². The van der Waals surface area contributed by atoms with Crippen LogP contribution in [0, 0.1) is 6.92 Å². The fourth-order valence-electron chi connectivity index (χ4n) is 2.25. The highest BCUT2D eigenvalue weighted by Crippen LogP contribution is 2.19. The molecule has 1 aliphatic heterocycles. The van der Waals surface area contributed by atoms with E-state index in [1.807, 2.05) is 6.92 Å². The molecule has 1 aliphatic rings. The molecule has 112 valence electrons. The minimum Gasteiger partial charge on any atom is -0.388 e. The van der Waals surface area contributed by atoms with Gasteiger partial charge in [-0.25, -0.2) is 9.50 Å². The zero-order valence-electron chi connectivity index (χ0n) is 11.7. The Hall–Kier alpha value is -2.06. The SMILES string of the molecule is Cc1ccnc2nc(C(=O)NCC3(O)CCOCC3)nn12. The summed E-state index contributed by atoms with van der Waals surface area (Å²) in [5, 5.41) is 17.1. The lowest BCUT2D eigenvalue weighted by Gasteiger charge is -2.31. The number of aryl methyl sites for hydroxylation is 1. The van der Waals surface area contributed by atoms with Gasteiger partial charge < -0.3 is 15.2 Å². The summed E-state index contributed by atoms with van der Waals surface area (Å²) in [6.45, 7) is 3.02. The van der Waals surface area contributed by atoms with Crippen molar-refractivity contribution in [3.63, 3.8) is 0 Å². The van der Waals surface area contributed by atoms with Crippen molar-refractivity contribution >= 4 is 11.7 Å². The lowest BCUT2D eigenvalue weighted by molar-refractivity contribution is -0.0605. The van der Waals surface area contributed by atoms with E-state index in [9.17, 15) is 9.90 Å². The molecule has 0 aromatic carbocycles. The lowest BCUT2D eigenvalue weighted by Crippen LogP contribution is -2.46. The van der Waals surface area contributed by atoms with E-state index in [2.05, 4.69) is 20.4 Å². The number of hydrogen-bond acceptors (Lipinski definition) is 6. The van der Waals surface area contributed by atoms with E-state index in [1.54, 1.807) is 12.3 Å². The molecule has 3 heterocycles. The van der Waals surface area contributed by atoms with Crippen LogP contribution < -0.4 is 5.32 Å². The second-order valence-corrected chi connectivity index (χ2v) is 5.25. The first-order chi connectivity index (χ1) is 10.1. The molecule has 0 unspecified atom stereocenters. The van der Waals surface area contributed by atoms with Gasteiger partial charge in [-0.3, -0.25) is 4.79 Å². The zero-order chi connectivity index (χ0) is 14.9. The van der Waals surface area contributed by atoms with E-state index in [-0.39, 0.29) is 12.4 Å². The van der Waals surface area contributed by atoms with Gasteiger partial charge in [-0.2, -0.15) is 4.98 Å². The van der Waals surface area contributed by atoms with Crippen LogP contribution >= 0.6 is 0 Å². The molecule has 2 aromatic rings. The number of ether oxygens (including phenoxy) is 1. The number of hydrogen-bond donors (Lipinski definition) is 2. The topological polar surface area (TPSA) is 102 Å². The molecule has 1 saturated heterocycles. The Labute approximate surface area is 121 Å². The normalized spacial score (nSPS) is 17.8. The van der Waals surface area contributed by atoms with Crippen LogP contribution in [0.3, 0.4) is 0 Å². The molecule has 2 N–H and O–H groups in total. The van der Waals surface area contributed by atoms with E-state index in [1.165, 1.54) is 4.52 Å². The first-order valence-corrected chi connectivity index (χ1v) is 6.84. The van der Waals surface area contributed by atoms with E-state index >= 15 is 0 Å². The highest BCUT2D eigenvalue weighted by Gasteiger charge is 2.30. The number of nitrogens with one attached hydrogen (secondary N) is 1. The average Bonchev–Trinajstić information content (AvgIpc) is 2.91. The van der Waals surface area contributed by atoms with Gasteiger partial charge >= 0.3 is 0 Å². The quantitative estimate of drug-likeness (QED) is 0.805. The second kappa shape index (κ2) is 5.38. The Bertz CT molecular complexity index is 663. The standard InChI is InChI=1S/C13H17N5O3/c1-9-2-5-14-12-16-10(17-18(9)12)11(19)15-8-13(20)3-6-21-7-4-13/h2,5,20H,3-4,6-8H2,1H3,(H,15,19). The number of rotatable bonds is 3. The van der Waals surface area contributed by atoms with Crippen LogP contribution in [-0.4, -0.2) is 56.0 Å². The van der Waals surface area contributed by atoms with Gasteiger partial charge in [-0.15, -0.1) is 5.10 Å². The molecular formula is C13H17N5O3. The van der Waals surface area contributed by atoms with Crippen molar-refractivity contribution in [2.45, 2.75) is 25.4 Å². The Morgan fingerprint density at radius 3 is 3.00 bits per heavy atom. The summed E-state index contributed by atoms with van der Waals surface area (Å²) in [4.78, 5) is 20.2. The number of carbonyl (C=O) groups excluding carboxylic acids is 1. The summed E-state index contributed by atoms with van der Waals surface area (Å²) in [6.07, 6.45) is 2.63. The summed E-state index contributed by atoms with van der Waals surface area (Å²) >= 11 is 0. The molecule has 0 bridgehead atoms. The number of fused-ring (bicyclic) bond motifs is 1. The van der Waals surface area contributed by atoms with Crippen molar-refractivity contribution in [2.24, 2.45) is 0 Å². The molecule has 0 atom stereocenters. The molecule has 1 amide bonds. The third-order valence-electron chi connectivity index (χ3n) is 3.63. The first kappa shape index (κ1) is 13.9. The zero-order valence-corrected chi connectivity index (χ0v) is 11.7. The molecule has 2 aromatic heterocycles. The number of carbonyl (C=O) groups is 1. The van der Waals surface area contributed by atoms with Crippen LogP contribution in [0.1, 0.15) is 29.2 Å². The third-order valence-corrected chi connectivity index (χ3v) is 3.63. The van der Waals surface area contributed by atoms with Gasteiger partial charge in [-0.05, 0) is 13.0 Å². The monoisotopic (exact) mass is 291 g/mol. The van der Waals surface area contributed by atoms with Crippen LogP contribution in [0.4, 0.5) is 0 Å². The van der Waals surface area contributed by atoms with E-state index < -0.39 is 11.5 Å². The van der Waals surface area contributed by atoms with Gasteiger partial charge in [0.25, 0.3) is 11.7 Å². The van der Waals surface area contributed by atoms with Crippen molar-refractivity contribution in [2.75, 3.05) is 19.8 Å². The van der Waals surface area contributed by atoms with E-state index in [0.29, 0.717) is 31.8 Å². The van der Waals surface area contributed by atoms with Crippen LogP contribution in [0.5, 0.6) is 0 Å². The number of aromatic nitrogens is 4. The largest absolute Gasteiger partial charge is 0.388 e. The van der Waals surface area contributed by atoms with Gasteiger partial charge in [0, 0.05) is 44.5 Å². The Balaban J connectivity index is 1.70. The average molecular weight is 291 g/mol. The van der Waals surface area contributed by atoms with E-state index in [4.69, 9.17) is 4.74 Å². The highest BCUT2D eigenvalue weighted by molar-refractivity contribution is 5.90. The van der Waals surface area contributed by atoms with Crippen molar-refractivity contribution in [1.82, 2.24) is 24.9 Å².